The van der Waals surface area contributed by atoms with E-state index in [1.54, 1.807) is 0 Å². The van der Waals surface area contributed by atoms with E-state index in [1.807, 2.05) is 0 Å². The minimum absolute atomic E-state index is 0.317. The molecule has 2 atom stereocenters. The summed E-state index contributed by atoms with van der Waals surface area (Å²) < 4.78 is 51.6. The lowest BCUT2D eigenvalue weighted by atomic mass is 10.1. The first-order chi connectivity index (χ1) is 9.79. The highest BCUT2D eigenvalue weighted by Crippen LogP contribution is 2.32. The summed E-state index contributed by atoms with van der Waals surface area (Å²) in [5, 5.41) is 2.53. The van der Waals surface area contributed by atoms with Crippen molar-refractivity contribution in [3.8, 4) is 0 Å². The van der Waals surface area contributed by atoms with Crippen LogP contribution in [-0.2, 0) is 6.18 Å². The third kappa shape index (κ3) is 3.74. The van der Waals surface area contributed by atoms with Gasteiger partial charge in [0.15, 0.2) is 0 Å². The fraction of sp³-hybridized carbons (Fsp3) is 0.533. The van der Waals surface area contributed by atoms with Gasteiger partial charge < -0.3 is 5.32 Å². The van der Waals surface area contributed by atoms with Crippen molar-refractivity contribution >= 4 is 5.91 Å². The van der Waals surface area contributed by atoms with Gasteiger partial charge in [0.2, 0.25) is 0 Å². The fourth-order valence-corrected chi connectivity index (χ4v) is 2.77. The van der Waals surface area contributed by atoms with Crippen LogP contribution in [0.4, 0.5) is 17.6 Å². The molecule has 1 N–H and O–H groups in total. The molecule has 0 aromatic heterocycles. The average Bonchev–Trinajstić information content (AvgIpc) is 2.80. The van der Waals surface area contributed by atoms with Gasteiger partial charge in [-0.3, -0.25) is 4.79 Å². The van der Waals surface area contributed by atoms with Gasteiger partial charge in [0, 0.05) is 6.54 Å². The van der Waals surface area contributed by atoms with Crippen molar-refractivity contribution in [2.75, 3.05) is 6.54 Å². The molecule has 1 saturated carbocycles. The van der Waals surface area contributed by atoms with Gasteiger partial charge in [0.1, 0.15) is 5.82 Å². The lowest BCUT2D eigenvalue weighted by Gasteiger charge is -2.13. The van der Waals surface area contributed by atoms with Crippen molar-refractivity contribution in [1.29, 1.82) is 0 Å². The van der Waals surface area contributed by atoms with Crippen LogP contribution in [0.1, 0.15) is 42.1 Å². The largest absolute Gasteiger partial charge is 0.419 e. The standard InChI is InChI=1S/C15H17F4NO/c1-9-5-6-10(7-9)8-20-14(21)11-3-2-4-12(13(11)16)15(17,18)19/h2-4,9-10H,5-8H2,1H3,(H,20,21). The van der Waals surface area contributed by atoms with E-state index < -0.39 is 29.0 Å². The molecule has 0 heterocycles. The maximum Gasteiger partial charge on any atom is 0.419 e. The molecule has 2 unspecified atom stereocenters. The van der Waals surface area contributed by atoms with Crippen LogP contribution < -0.4 is 5.32 Å². The molecule has 2 nitrogen and oxygen atoms in total. The molecule has 2 rings (SSSR count). The first-order valence-electron chi connectivity index (χ1n) is 6.93. The second-order valence-corrected chi connectivity index (χ2v) is 5.66. The molecule has 1 aliphatic carbocycles. The zero-order valence-corrected chi connectivity index (χ0v) is 11.6. The van der Waals surface area contributed by atoms with Crippen molar-refractivity contribution in [3.05, 3.63) is 35.1 Å². The van der Waals surface area contributed by atoms with E-state index in [2.05, 4.69) is 12.2 Å². The maximum absolute atomic E-state index is 13.8. The quantitative estimate of drug-likeness (QED) is 0.840. The second-order valence-electron chi connectivity index (χ2n) is 5.66. The van der Waals surface area contributed by atoms with Gasteiger partial charge in [0.05, 0.1) is 11.1 Å². The monoisotopic (exact) mass is 303 g/mol. The number of nitrogens with one attached hydrogen (secondary N) is 1. The minimum atomic E-state index is -4.80. The van der Waals surface area contributed by atoms with Crippen LogP contribution in [0, 0.1) is 17.7 Å². The molecule has 0 aliphatic heterocycles. The van der Waals surface area contributed by atoms with Gasteiger partial charge in [-0.15, -0.1) is 0 Å². The Labute approximate surface area is 120 Å². The number of alkyl halides is 3. The molecule has 1 aromatic carbocycles. The number of carbonyl (C=O) groups excluding carboxylic acids is 1. The molecule has 1 aliphatic rings. The predicted octanol–water partition coefficient (Wildman–Crippen LogP) is 4.01. The normalized spacial score (nSPS) is 22.3. The number of halogens is 4. The van der Waals surface area contributed by atoms with E-state index >= 15 is 0 Å². The van der Waals surface area contributed by atoms with Crippen LogP contribution in [0.2, 0.25) is 0 Å². The Morgan fingerprint density at radius 3 is 2.62 bits per heavy atom. The molecule has 1 amide bonds. The number of amides is 1. The molecule has 1 aromatic rings. The Bertz CT molecular complexity index is 527. The van der Waals surface area contributed by atoms with E-state index in [0.717, 1.165) is 31.4 Å². The zero-order chi connectivity index (χ0) is 15.6. The maximum atomic E-state index is 13.8. The lowest BCUT2D eigenvalue weighted by Crippen LogP contribution is -2.29. The van der Waals surface area contributed by atoms with E-state index in [1.165, 1.54) is 0 Å². The average molecular weight is 303 g/mol. The molecule has 0 saturated heterocycles. The summed E-state index contributed by atoms with van der Waals surface area (Å²) in [6, 6.07) is 2.74. The van der Waals surface area contributed by atoms with Gasteiger partial charge in [-0.05, 0) is 36.8 Å². The van der Waals surface area contributed by atoms with E-state index in [4.69, 9.17) is 0 Å². The fourth-order valence-electron chi connectivity index (χ4n) is 2.77. The van der Waals surface area contributed by atoms with Crippen molar-refractivity contribution in [1.82, 2.24) is 5.32 Å². The summed E-state index contributed by atoms with van der Waals surface area (Å²) in [4.78, 5) is 11.9. The van der Waals surface area contributed by atoms with E-state index in [0.29, 0.717) is 24.4 Å². The molecule has 116 valence electrons. The van der Waals surface area contributed by atoms with Gasteiger partial charge in [0.25, 0.3) is 5.91 Å². The summed E-state index contributed by atoms with van der Waals surface area (Å²) in [6.07, 6.45) is -1.77. The molecule has 0 radical (unpaired) electrons. The summed E-state index contributed by atoms with van der Waals surface area (Å²) in [6.45, 7) is 2.49. The highest BCUT2D eigenvalue weighted by Gasteiger charge is 2.35. The van der Waals surface area contributed by atoms with Crippen molar-refractivity contribution in [3.63, 3.8) is 0 Å². The van der Waals surface area contributed by atoms with Crippen LogP contribution in [0.5, 0.6) is 0 Å². The van der Waals surface area contributed by atoms with E-state index in [-0.39, 0.29) is 0 Å². The topological polar surface area (TPSA) is 29.1 Å². The van der Waals surface area contributed by atoms with Crippen molar-refractivity contribution < 1.29 is 22.4 Å². The van der Waals surface area contributed by atoms with Crippen LogP contribution in [0.25, 0.3) is 0 Å². The molecule has 1 fully saturated rings. The van der Waals surface area contributed by atoms with Crippen molar-refractivity contribution in [2.45, 2.75) is 32.4 Å². The Balaban J connectivity index is 2.06. The summed E-state index contributed by atoms with van der Waals surface area (Å²) in [5.74, 6) is -1.39. The Hall–Kier alpha value is -1.59. The number of hydrogen-bond acceptors (Lipinski definition) is 1. The SMILES string of the molecule is CC1CCC(CNC(=O)c2cccc(C(F)(F)F)c2F)C1. The van der Waals surface area contributed by atoms with Gasteiger partial charge >= 0.3 is 6.18 Å². The lowest BCUT2D eigenvalue weighted by molar-refractivity contribution is -0.140. The third-order valence-corrected chi connectivity index (χ3v) is 3.90. The molecule has 0 spiro atoms. The van der Waals surface area contributed by atoms with Crippen molar-refractivity contribution in [2.24, 2.45) is 11.8 Å². The second kappa shape index (κ2) is 6.03. The van der Waals surface area contributed by atoms with Gasteiger partial charge in [-0.2, -0.15) is 13.2 Å². The smallest absolute Gasteiger partial charge is 0.352 e. The first kappa shape index (κ1) is 15.8. The van der Waals surface area contributed by atoms with Crippen LogP contribution in [0.3, 0.4) is 0 Å². The minimum Gasteiger partial charge on any atom is -0.352 e. The zero-order valence-electron chi connectivity index (χ0n) is 11.6. The Morgan fingerprint density at radius 2 is 2.05 bits per heavy atom. The van der Waals surface area contributed by atoms with Crippen LogP contribution in [-0.4, -0.2) is 12.5 Å². The molecular weight excluding hydrogens is 286 g/mol. The summed E-state index contributed by atoms with van der Waals surface area (Å²) in [7, 11) is 0. The van der Waals surface area contributed by atoms with Gasteiger partial charge in [-0.1, -0.05) is 19.4 Å². The highest BCUT2D eigenvalue weighted by molar-refractivity contribution is 5.94. The Kier molecular flexibility index (Phi) is 4.54. The highest BCUT2D eigenvalue weighted by atomic mass is 19.4. The predicted molar refractivity (Wildman–Crippen MR) is 70.2 cm³/mol. The van der Waals surface area contributed by atoms with Crippen LogP contribution >= 0.6 is 0 Å². The molecule has 0 bridgehead atoms. The Morgan fingerprint density at radius 1 is 1.33 bits per heavy atom. The summed E-state index contributed by atoms with van der Waals surface area (Å²) in [5.41, 5.74) is -1.97. The molecule has 6 heteroatoms. The van der Waals surface area contributed by atoms with Crippen LogP contribution in [0.15, 0.2) is 18.2 Å². The number of carbonyl (C=O) groups is 1. The number of benzene rings is 1. The first-order valence-corrected chi connectivity index (χ1v) is 6.93. The molecule has 21 heavy (non-hydrogen) atoms. The van der Waals surface area contributed by atoms with Gasteiger partial charge in [-0.25, -0.2) is 4.39 Å². The number of rotatable bonds is 3. The summed E-state index contributed by atoms with van der Waals surface area (Å²) >= 11 is 0. The number of hydrogen-bond donors (Lipinski definition) is 1. The third-order valence-electron chi connectivity index (χ3n) is 3.90. The molecular formula is C15H17F4NO. The van der Waals surface area contributed by atoms with E-state index in [9.17, 15) is 22.4 Å².